The molecule has 2 aromatic carbocycles. The van der Waals surface area contributed by atoms with Crippen molar-refractivity contribution in [1.29, 1.82) is 0 Å². The molecule has 0 radical (unpaired) electrons. The topological polar surface area (TPSA) is 94.3 Å². The van der Waals surface area contributed by atoms with Gasteiger partial charge in [-0.25, -0.2) is 4.98 Å². The van der Waals surface area contributed by atoms with E-state index in [4.69, 9.17) is 22.1 Å². The molecular formula is C24H20ClN3O3S. The van der Waals surface area contributed by atoms with Crippen LogP contribution in [0.2, 0.25) is 5.02 Å². The zero-order chi connectivity index (χ0) is 23.0. The van der Waals surface area contributed by atoms with Gasteiger partial charge in [-0.05, 0) is 61.9 Å². The number of anilines is 2. The van der Waals surface area contributed by atoms with Crippen LogP contribution in [0, 0.1) is 13.8 Å². The summed E-state index contributed by atoms with van der Waals surface area (Å²) in [6, 6.07) is 13.9. The monoisotopic (exact) mass is 465 g/mol. The van der Waals surface area contributed by atoms with Gasteiger partial charge in [0, 0.05) is 27.2 Å². The Kier molecular flexibility index (Phi) is 5.86. The minimum atomic E-state index is -0.350. The average Bonchev–Trinajstić information content (AvgIpc) is 3.11. The van der Waals surface area contributed by atoms with E-state index in [1.807, 2.05) is 6.92 Å². The number of pyridine rings is 1. The van der Waals surface area contributed by atoms with Crippen molar-refractivity contribution >= 4 is 56.2 Å². The zero-order valence-electron chi connectivity index (χ0n) is 17.7. The molecule has 0 aliphatic rings. The Labute approximate surface area is 194 Å². The fraction of sp³-hybridized carbons (Fsp3) is 0.125. The van der Waals surface area contributed by atoms with Gasteiger partial charge in [0.15, 0.2) is 5.78 Å². The first-order valence-electron chi connectivity index (χ1n) is 9.75. The molecule has 0 bridgehead atoms. The Morgan fingerprint density at radius 2 is 1.84 bits per heavy atom. The molecule has 0 fully saturated rings. The maximum Gasteiger partial charge on any atom is 0.267 e. The number of fused-ring (bicyclic) bond motifs is 1. The highest BCUT2D eigenvalue weighted by Crippen LogP contribution is 2.35. The molecule has 162 valence electrons. The van der Waals surface area contributed by atoms with Gasteiger partial charge in [0.1, 0.15) is 15.5 Å². The number of carbonyl (C=O) groups excluding carboxylic acids is 2. The van der Waals surface area contributed by atoms with Crippen LogP contribution >= 0.6 is 22.9 Å². The molecule has 2 aromatic heterocycles. The standard InChI is InChI=1S/C24H20ClN3O3S/c1-12-18(25)5-4-6-19(12)28-23(30)22-20(26)17-11-16(13(2)27-24(17)32-22)21(29)14-7-9-15(31-3)10-8-14/h4-11H,26H2,1-3H3,(H,28,30). The number of hydrogen-bond donors (Lipinski definition) is 2. The van der Waals surface area contributed by atoms with Crippen LogP contribution in [0.25, 0.3) is 10.2 Å². The van der Waals surface area contributed by atoms with E-state index in [1.54, 1.807) is 62.6 Å². The Balaban J connectivity index is 1.70. The second-order valence-corrected chi connectivity index (χ2v) is 8.65. The predicted octanol–water partition coefficient (Wildman–Crippen LogP) is 5.64. The summed E-state index contributed by atoms with van der Waals surface area (Å²) >= 11 is 7.34. The highest BCUT2D eigenvalue weighted by Gasteiger charge is 2.21. The molecule has 0 atom stereocenters. The van der Waals surface area contributed by atoms with Crippen LogP contribution in [0.15, 0.2) is 48.5 Å². The Hall–Kier alpha value is -3.42. The van der Waals surface area contributed by atoms with Crippen LogP contribution in [-0.4, -0.2) is 23.8 Å². The highest BCUT2D eigenvalue weighted by molar-refractivity contribution is 7.21. The lowest BCUT2D eigenvalue weighted by molar-refractivity contribution is 0.102. The number of carbonyl (C=O) groups is 2. The molecule has 1 amide bonds. The van der Waals surface area contributed by atoms with Crippen molar-refractivity contribution in [1.82, 2.24) is 4.98 Å². The molecule has 6 nitrogen and oxygen atoms in total. The van der Waals surface area contributed by atoms with Gasteiger partial charge in [0.25, 0.3) is 5.91 Å². The van der Waals surface area contributed by atoms with Gasteiger partial charge in [0.05, 0.1) is 18.5 Å². The Morgan fingerprint density at radius 1 is 1.12 bits per heavy atom. The van der Waals surface area contributed by atoms with E-state index in [0.717, 1.165) is 5.56 Å². The first kappa shape index (κ1) is 21.8. The summed E-state index contributed by atoms with van der Waals surface area (Å²) in [5, 5.41) is 3.99. The van der Waals surface area contributed by atoms with Crippen LogP contribution in [0.4, 0.5) is 11.4 Å². The fourth-order valence-corrected chi connectivity index (χ4v) is 4.54. The molecule has 4 aromatic rings. The summed E-state index contributed by atoms with van der Waals surface area (Å²) in [7, 11) is 1.57. The minimum absolute atomic E-state index is 0.175. The number of nitrogens with two attached hydrogens (primary N) is 1. The maximum atomic E-state index is 13.1. The second kappa shape index (κ2) is 8.61. The normalized spacial score (nSPS) is 10.9. The van der Waals surface area contributed by atoms with Crippen molar-refractivity contribution in [2.24, 2.45) is 0 Å². The van der Waals surface area contributed by atoms with E-state index in [-0.39, 0.29) is 11.7 Å². The predicted molar refractivity (Wildman–Crippen MR) is 129 cm³/mol. The summed E-state index contributed by atoms with van der Waals surface area (Å²) in [4.78, 5) is 31.5. The molecule has 0 aliphatic carbocycles. The molecule has 2 heterocycles. The van der Waals surface area contributed by atoms with Gasteiger partial charge in [0.2, 0.25) is 0 Å². The number of ether oxygens (including phenoxy) is 1. The smallest absolute Gasteiger partial charge is 0.267 e. The first-order valence-corrected chi connectivity index (χ1v) is 10.9. The molecule has 0 unspecified atom stereocenters. The zero-order valence-corrected chi connectivity index (χ0v) is 19.2. The molecular weight excluding hydrogens is 446 g/mol. The third-order valence-corrected chi connectivity index (χ3v) is 6.75. The van der Waals surface area contributed by atoms with Crippen molar-refractivity contribution in [3.05, 3.63) is 80.8 Å². The molecule has 3 N–H and O–H groups in total. The van der Waals surface area contributed by atoms with Crippen LogP contribution in [0.5, 0.6) is 5.75 Å². The van der Waals surface area contributed by atoms with Crippen molar-refractivity contribution in [3.63, 3.8) is 0 Å². The van der Waals surface area contributed by atoms with E-state index in [1.165, 1.54) is 11.3 Å². The summed E-state index contributed by atoms with van der Waals surface area (Å²) in [5.74, 6) is 0.141. The lowest BCUT2D eigenvalue weighted by atomic mass is 10.0. The quantitative estimate of drug-likeness (QED) is 0.372. The Bertz CT molecular complexity index is 1360. The van der Waals surface area contributed by atoms with Gasteiger partial charge in [-0.3, -0.25) is 9.59 Å². The lowest BCUT2D eigenvalue weighted by Gasteiger charge is -2.09. The van der Waals surface area contributed by atoms with Gasteiger partial charge in [-0.1, -0.05) is 17.7 Å². The van der Waals surface area contributed by atoms with Gasteiger partial charge >= 0.3 is 0 Å². The van der Waals surface area contributed by atoms with E-state index in [2.05, 4.69) is 10.3 Å². The van der Waals surface area contributed by atoms with Crippen LogP contribution < -0.4 is 15.8 Å². The number of nitrogens with one attached hydrogen (secondary N) is 1. The molecule has 0 saturated carbocycles. The highest BCUT2D eigenvalue weighted by atomic mass is 35.5. The van der Waals surface area contributed by atoms with E-state index in [9.17, 15) is 9.59 Å². The number of methoxy groups -OCH3 is 1. The first-order chi connectivity index (χ1) is 15.3. The number of aryl methyl sites for hydroxylation is 1. The molecule has 0 spiro atoms. The van der Waals surface area contributed by atoms with Crippen molar-refractivity contribution in [2.45, 2.75) is 13.8 Å². The second-order valence-electron chi connectivity index (χ2n) is 7.24. The number of amides is 1. The Morgan fingerprint density at radius 3 is 2.53 bits per heavy atom. The summed E-state index contributed by atoms with van der Waals surface area (Å²) < 4.78 is 5.15. The van der Waals surface area contributed by atoms with Crippen molar-refractivity contribution in [2.75, 3.05) is 18.2 Å². The molecule has 4 rings (SSSR count). The van der Waals surface area contributed by atoms with Gasteiger partial charge in [-0.15, -0.1) is 11.3 Å². The fourth-order valence-electron chi connectivity index (χ4n) is 3.35. The van der Waals surface area contributed by atoms with Gasteiger partial charge < -0.3 is 15.8 Å². The summed E-state index contributed by atoms with van der Waals surface area (Å²) in [6.45, 7) is 3.59. The SMILES string of the molecule is COc1ccc(C(=O)c2cc3c(N)c(C(=O)Nc4cccc(Cl)c4C)sc3nc2C)cc1. The number of hydrogen-bond acceptors (Lipinski definition) is 6. The van der Waals surface area contributed by atoms with E-state index >= 15 is 0 Å². The number of halogens is 1. The number of rotatable bonds is 5. The number of nitrogens with zero attached hydrogens (tertiary/aromatic N) is 1. The summed E-state index contributed by atoms with van der Waals surface area (Å²) in [5.41, 5.74) is 9.49. The molecule has 0 aliphatic heterocycles. The van der Waals surface area contributed by atoms with Crippen LogP contribution in [0.1, 0.15) is 36.9 Å². The molecule has 32 heavy (non-hydrogen) atoms. The number of aromatic nitrogens is 1. The van der Waals surface area contributed by atoms with E-state index in [0.29, 0.717) is 54.1 Å². The van der Waals surface area contributed by atoms with E-state index < -0.39 is 0 Å². The number of benzene rings is 2. The molecule has 8 heteroatoms. The van der Waals surface area contributed by atoms with Crippen LogP contribution in [0.3, 0.4) is 0 Å². The number of ketones is 1. The number of thiophene rings is 1. The van der Waals surface area contributed by atoms with Gasteiger partial charge in [-0.2, -0.15) is 0 Å². The lowest BCUT2D eigenvalue weighted by Crippen LogP contribution is -2.12. The average molecular weight is 466 g/mol. The molecule has 0 saturated heterocycles. The van der Waals surface area contributed by atoms with Crippen molar-refractivity contribution < 1.29 is 14.3 Å². The number of nitrogen functional groups attached to an aromatic ring is 1. The van der Waals surface area contributed by atoms with Crippen molar-refractivity contribution in [3.8, 4) is 5.75 Å². The summed E-state index contributed by atoms with van der Waals surface area (Å²) in [6.07, 6.45) is 0. The third kappa shape index (κ3) is 3.92. The van der Waals surface area contributed by atoms with Crippen LogP contribution in [-0.2, 0) is 0 Å². The minimum Gasteiger partial charge on any atom is -0.497 e. The largest absolute Gasteiger partial charge is 0.497 e. The maximum absolute atomic E-state index is 13.1. The third-order valence-electron chi connectivity index (χ3n) is 5.23.